The Morgan fingerprint density at radius 3 is 2.44 bits per heavy atom. The maximum atomic E-state index is 13.1. The second-order valence-corrected chi connectivity index (χ2v) is 3.53. The third-order valence-corrected chi connectivity index (χ3v) is 2.36. The first-order valence-corrected chi connectivity index (χ1v) is 5.11. The van der Waals surface area contributed by atoms with Crippen LogP contribution in [0.25, 0.3) is 0 Å². The number of benzene rings is 1. The van der Waals surface area contributed by atoms with Crippen LogP contribution in [0.2, 0.25) is 0 Å². The Labute approximate surface area is 93.2 Å². The molecule has 0 aliphatic carbocycles. The van der Waals surface area contributed by atoms with E-state index in [1.165, 1.54) is 26.0 Å². The van der Waals surface area contributed by atoms with E-state index in [1.54, 1.807) is 18.2 Å². The van der Waals surface area contributed by atoms with Crippen LogP contribution in [0, 0.1) is 0 Å². The molecule has 0 radical (unpaired) electrons. The van der Waals surface area contributed by atoms with E-state index in [1.807, 2.05) is 0 Å². The summed E-state index contributed by atoms with van der Waals surface area (Å²) in [6, 6.07) is 8.09. The third-order valence-electron chi connectivity index (χ3n) is 2.36. The van der Waals surface area contributed by atoms with Crippen molar-refractivity contribution in [2.75, 3.05) is 0 Å². The van der Waals surface area contributed by atoms with Crippen molar-refractivity contribution in [3.8, 4) is 0 Å². The molecule has 1 rings (SSSR count). The number of esters is 1. The van der Waals surface area contributed by atoms with Gasteiger partial charge in [-0.1, -0.05) is 25.1 Å². The molecule has 1 atom stereocenters. The van der Waals surface area contributed by atoms with Gasteiger partial charge in [0, 0.05) is 6.42 Å². The average Bonchev–Trinajstić information content (AvgIpc) is 2.30. The van der Waals surface area contributed by atoms with Gasteiger partial charge in [-0.3, -0.25) is 0 Å². The zero-order valence-corrected chi connectivity index (χ0v) is 9.24. The highest BCUT2D eigenvalue weighted by Crippen LogP contribution is 2.25. The zero-order valence-electron chi connectivity index (χ0n) is 9.24. The fraction of sp³-hybridized carbons (Fsp3) is 0.417. The summed E-state index contributed by atoms with van der Waals surface area (Å²) in [5.41, 5.74) is 0.279. The van der Waals surface area contributed by atoms with E-state index in [-0.39, 0.29) is 12.0 Å². The third kappa shape index (κ3) is 3.02. The number of carbonyl (C=O) groups is 1. The highest BCUT2D eigenvalue weighted by Gasteiger charge is 2.37. The van der Waals surface area contributed by atoms with Crippen LogP contribution in [0.15, 0.2) is 30.3 Å². The summed E-state index contributed by atoms with van der Waals surface area (Å²) < 4.78 is 31.0. The lowest BCUT2D eigenvalue weighted by Gasteiger charge is -2.22. The lowest BCUT2D eigenvalue weighted by atomic mass is 10.1. The number of carbonyl (C=O) groups excluding carboxylic acids is 1. The van der Waals surface area contributed by atoms with Crippen molar-refractivity contribution in [2.45, 2.75) is 32.3 Å². The Balaban J connectivity index is 2.66. The van der Waals surface area contributed by atoms with Crippen LogP contribution in [0.3, 0.4) is 0 Å². The molecule has 1 aromatic rings. The van der Waals surface area contributed by atoms with Crippen LogP contribution >= 0.6 is 0 Å². The van der Waals surface area contributed by atoms with E-state index < -0.39 is 18.0 Å². The topological polar surface area (TPSA) is 26.3 Å². The minimum Gasteiger partial charge on any atom is -0.453 e. The molecule has 0 saturated carbocycles. The molecule has 0 N–H and O–H groups in total. The first-order chi connectivity index (χ1) is 7.47. The van der Waals surface area contributed by atoms with Crippen LogP contribution in [-0.4, -0.2) is 18.0 Å². The van der Waals surface area contributed by atoms with Gasteiger partial charge in [-0.25, -0.2) is 13.6 Å². The largest absolute Gasteiger partial charge is 0.453 e. The summed E-state index contributed by atoms with van der Waals surface area (Å²) in [4.78, 5) is 11.5. The van der Waals surface area contributed by atoms with Gasteiger partial charge in [0.15, 0.2) is 6.10 Å². The summed E-state index contributed by atoms with van der Waals surface area (Å²) in [6.07, 6.45) is -1.76. The van der Waals surface area contributed by atoms with Crippen LogP contribution in [0.1, 0.15) is 30.6 Å². The highest BCUT2D eigenvalue weighted by atomic mass is 19.3. The standard InChI is InChI=1S/C12H14F2O2/c1-3-12(13,14)9(2)16-11(15)10-7-5-4-6-8-10/h4-9H,3H2,1-2H3. The van der Waals surface area contributed by atoms with Gasteiger partial charge in [-0.05, 0) is 19.1 Å². The van der Waals surface area contributed by atoms with Gasteiger partial charge in [0.05, 0.1) is 5.56 Å². The number of alkyl halides is 2. The van der Waals surface area contributed by atoms with E-state index in [9.17, 15) is 13.6 Å². The predicted molar refractivity (Wildman–Crippen MR) is 56.6 cm³/mol. The molecule has 16 heavy (non-hydrogen) atoms. The molecule has 0 heterocycles. The molecule has 0 aromatic heterocycles. The molecule has 0 aliphatic heterocycles. The Bertz CT molecular complexity index is 349. The minimum absolute atomic E-state index is 0.279. The van der Waals surface area contributed by atoms with Crippen molar-refractivity contribution >= 4 is 5.97 Å². The Kier molecular flexibility index (Phi) is 3.99. The molecule has 1 unspecified atom stereocenters. The molecule has 2 nitrogen and oxygen atoms in total. The number of halogens is 2. The van der Waals surface area contributed by atoms with Crippen LogP contribution < -0.4 is 0 Å². The second-order valence-electron chi connectivity index (χ2n) is 3.53. The van der Waals surface area contributed by atoms with E-state index in [0.29, 0.717) is 0 Å². The van der Waals surface area contributed by atoms with Gasteiger partial charge in [-0.15, -0.1) is 0 Å². The normalized spacial score (nSPS) is 13.2. The summed E-state index contributed by atoms with van der Waals surface area (Å²) in [5.74, 6) is -3.70. The predicted octanol–water partition coefficient (Wildman–Crippen LogP) is 3.28. The number of hydrogen-bond donors (Lipinski definition) is 0. The maximum absolute atomic E-state index is 13.1. The van der Waals surface area contributed by atoms with E-state index in [2.05, 4.69) is 0 Å². The fourth-order valence-corrected chi connectivity index (χ4v) is 1.18. The van der Waals surface area contributed by atoms with Crippen LogP contribution in [0.4, 0.5) is 8.78 Å². The summed E-state index contributed by atoms with van der Waals surface area (Å²) >= 11 is 0. The second kappa shape index (κ2) is 5.05. The van der Waals surface area contributed by atoms with Gasteiger partial charge in [0.1, 0.15) is 0 Å². The van der Waals surface area contributed by atoms with Gasteiger partial charge < -0.3 is 4.74 Å². The molecule has 0 saturated heterocycles. The molecule has 0 fully saturated rings. The van der Waals surface area contributed by atoms with Crippen LogP contribution in [0.5, 0.6) is 0 Å². The summed E-state index contributed by atoms with van der Waals surface area (Å²) in [6.45, 7) is 2.55. The van der Waals surface area contributed by atoms with Gasteiger partial charge in [0.25, 0.3) is 5.92 Å². The smallest absolute Gasteiger partial charge is 0.338 e. The first kappa shape index (κ1) is 12.6. The van der Waals surface area contributed by atoms with Crippen molar-refractivity contribution in [1.29, 1.82) is 0 Å². The number of ether oxygens (including phenoxy) is 1. The van der Waals surface area contributed by atoms with Crippen molar-refractivity contribution in [3.63, 3.8) is 0 Å². The van der Waals surface area contributed by atoms with Crippen molar-refractivity contribution in [2.24, 2.45) is 0 Å². The summed E-state index contributed by atoms with van der Waals surface area (Å²) in [7, 11) is 0. The molecule has 0 spiro atoms. The van der Waals surface area contributed by atoms with Crippen molar-refractivity contribution in [3.05, 3.63) is 35.9 Å². The Morgan fingerprint density at radius 1 is 1.38 bits per heavy atom. The molecule has 88 valence electrons. The van der Waals surface area contributed by atoms with Gasteiger partial charge >= 0.3 is 5.97 Å². The molecule has 0 bridgehead atoms. The molecular formula is C12H14F2O2. The zero-order chi connectivity index (χ0) is 12.2. The van der Waals surface area contributed by atoms with Crippen LogP contribution in [-0.2, 0) is 4.74 Å². The van der Waals surface area contributed by atoms with E-state index >= 15 is 0 Å². The molecule has 4 heteroatoms. The van der Waals surface area contributed by atoms with Crippen molar-refractivity contribution in [1.82, 2.24) is 0 Å². The Hall–Kier alpha value is -1.45. The highest BCUT2D eigenvalue weighted by molar-refractivity contribution is 5.89. The minimum atomic E-state index is -2.98. The molecular weight excluding hydrogens is 214 g/mol. The molecule has 0 aliphatic rings. The number of hydrogen-bond acceptors (Lipinski definition) is 2. The first-order valence-electron chi connectivity index (χ1n) is 5.11. The van der Waals surface area contributed by atoms with E-state index in [4.69, 9.17) is 4.74 Å². The van der Waals surface area contributed by atoms with Crippen molar-refractivity contribution < 1.29 is 18.3 Å². The van der Waals surface area contributed by atoms with Gasteiger partial charge in [0.2, 0.25) is 0 Å². The summed E-state index contributed by atoms with van der Waals surface area (Å²) in [5, 5.41) is 0. The lowest BCUT2D eigenvalue weighted by Crippen LogP contribution is -2.34. The monoisotopic (exact) mass is 228 g/mol. The lowest BCUT2D eigenvalue weighted by molar-refractivity contribution is -0.108. The van der Waals surface area contributed by atoms with Gasteiger partial charge in [-0.2, -0.15) is 0 Å². The fourth-order valence-electron chi connectivity index (χ4n) is 1.18. The molecule has 1 aromatic carbocycles. The Morgan fingerprint density at radius 2 is 1.94 bits per heavy atom. The molecule has 0 amide bonds. The number of rotatable bonds is 4. The maximum Gasteiger partial charge on any atom is 0.338 e. The van der Waals surface area contributed by atoms with E-state index in [0.717, 1.165) is 0 Å². The quantitative estimate of drug-likeness (QED) is 0.739. The average molecular weight is 228 g/mol. The SMILES string of the molecule is CCC(F)(F)C(C)OC(=O)c1ccccc1.